The molecule has 5 nitrogen and oxygen atoms in total. The molecule has 0 radical (unpaired) electrons. The lowest BCUT2D eigenvalue weighted by Crippen LogP contribution is -2.14. The normalized spacial score (nSPS) is 10.9. The van der Waals surface area contributed by atoms with E-state index >= 15 is 0 Å². The Morgan fingerprint density at radius 2 is 2.00 bits per heavy atom. The SMILES string of the molecule is N#C/C(=C\c1cc(O)c(O)c(Cl)c1)C(=O)Nc1ccccc1F. The summed E-state index contributed by atoms with van der Waals surface area (Å²) < 4.78 is 13.5. The number of nitrogens with zero attached hydrogens (tertiary/aromatic N) is 1. The first-order valence-electron chi connectivity index (χ1n) is 6.31. The van der Waals surface area contributed by atoms with Crippen molar-refractivity contribution < 1.29 is 19.4 Å². The quantitative estimate of drug-likeness (QED) is 0.456. The molecule has 2 rings (SSSR count). The molecule has 0 fully saturated rings. The Morgan fingerprint density at radius 1 is 1.30 bits per heavy atom. The molecule has 0 unspecified atom stereocenters. The Labute approximate surface area is 135 Å². The molecule has 0 bridgehead atoms. The predicted octanol–water partition coefficient (Wildman–Crippen LogP) is 3.44. The van der Waals surface area contributed by atoms with Crippen LogP contribution >= 0.6 is 11.6 Å². The maximum Gasteiger partial charge on any atom is 0.266 e. The van der Waals surface area contributed by atoms with Crippen LogP contribution in [0.25, 0.3) is 6.08 Å². The molecule has 2 aromatic carbocycles. The minimum Gasteiger partial charge on any atom is -0.504 e. The number of carbonyl (C=O) groups is 1. The summed E-state index contributed by atoms with van der Waals surface area (Å²) in [6.07, 6.45) is 1.15. The van der Waals surface area contributed by atoms with Crippen molar-refractivity contribution in [2.75, 3.05) is 5.32 Å². The van der Waals surface area contributed by atoms with Gasteiger partial charge in [-0.25, -0.2) is 4.39 Å². The molecule has 0 saturated heterocycles. The maximum absolute atomic E-state index is 13.5. The van der Waals surface area contributed by atoms with Crippen LogP contribution in [-0.2, 0) is 4.79 Å². The van der Waals surface area contributed by atoms with E-state index < -0.39 is 23.2 Å². The fourth-order valence-electron chi connectivity index (χ4n) is 1.76. The number of phenolic OH excluding ortho intramolecular Hbond substituents is 2. The summed E-state index contributed by atoms with van der Waals surface area (Å²) in [5.41, 5.74) is -0.162. The molecule has 0 aliphatic heterocycles. The third kappa shape index (κ3) is 3.78. The molecular weight excluding hydrogens is 323 g/mol. The average molecular weight is 333 g/mol. The lowest BCUT2D eigenvalue weighted by Gasteiger charge is -2.06. The molecule has 23 heavy (non-hydrogen) atoms. The number of benzene rings is 2. The van der Waals surface area contributed by atoms with Crippen LogP contribution in [0.1, 0.15) is 5.56 Å². The van der Waals surface area contributed by atoms with Gasteiger partial charge in [-0.05, 0) is 35.9 Å². The van der Waals surface area contributed by atoms with E-state index in [9.17, 15) is 19.4 Å². The molecule has 0 heterocycles. The van der Waals surface area contributed by atoms with Crippen molar-refractivity contribution >= 4 is 29.3 Å². The van der Waals surface area contributed by atoms with Crippen LogP contribution in [0.2, 0.25) is 5.02 Å². The van der Waals surface area contributed by atoms with Crippen LogP contribution in [0.5, 0.6) is 11.5 Å². The molecule has 3 N–H and O–H groups in total. The summed E-state index contributed by atoms with van der Waals surface area (Å²) in [4.78, 5) is 12.0. The third-order valence-corrected chi connectivity index (χ3v) is 3.15. The number of carbonyl (C=O) groups excluding carboxylic acids is 1. The van der Waals surface area contributed by atoms with Crippen molar-refractivity contribution in [3.8, 4) is 17.6 Å². The van der Waals surface area contributed by atoms with Gasteiger partial charge in [0.05, 0.1) is 10.7 Å². The van der Waals surface area contributed by atoms with E-state index in [2.05, 4.69) is 5.32 Å². The van der Waals surface area contributed by atoms with Gasteiger partial charge in [0, 0.05) is 0 Å². The van der Waals surface area contributed by atoms with Crippen molar-refractivity contribution in [1.82, 2.24) is 0 Å². The maximum atomic E-state index is 13.5. The zero-order valence-corrected chi connectivity index (χ0v) is 12.3. The Kier molecular flexibility index (Phi) is 4.84. The van der Waals surface area contributed by atoms with Gasteiger partial charge in [-0.2, -0.15) is 5.26 Å². The number of nitriles is 1. The Hall–Kier alpha value is -3.04. The minimum absolute atomic E-state index is 0.0646. The second kappa shape index (κ2) is 6.81. The first kappa shape index (κ1) is 16.3. The number of para-hydroxylation sites is 1. The zero-order chi connectivity index (χ0) is 17.0. The van der Waals surface area contributed by atoms with Gasteiger partial charge in [-0.1, -0.05) is 23.7 Å². The molecule has 0 atom stereocenters. The largest absolute Gasteiger partial charge is 0.504 e. The Balaban J connectivity index is 2.31. The number of phenols is 2. The van der Waals surface area contributed by atoms with Crippen LogP contribution < -0.4 is 5.32 Å². The van der Waals surface area contributed by atoms with Crippen molar-refractivity contribution in [3.63, 3.8) is 0 Å². The van der Waals surface area contributed by atoms with E-state index in [4.69, 9.17) is 16.9 Å². The number of amides is 1. The van der Waals surface area contributed by atoms with Gasteiger partial charge in [0.25, 0.3) is 5.91 Å². The van der Waals surface area contributed by atoms with E-state index in [1.807, 2.05) is 0 Å². The van der Waals surface area contributed by atoms with Gasteiger partial charge in [0.15, 0.2) is 11.5 Å². The van der Waals surface area contributed by atoms with Crippen LogP contribution in [0.4, 0.5) is 10.1 Å². The van der Waals surface area contributed by atoms with Crippen LogP contribution in [0, 0.1) is 17.1 Å². The molecule has 0 saturated carbocycles. The van der Waals surface area contributed by atoms with Gasteiger partial charge in [-0.3, -0.25) is 4.79 Å². The molecule has 0 aliphatic carbocycles. The molecule has 7 heteroatoms. The fourth-order valence-corrected chi connectivity index (χ4v) is 1.98. The van der Waals surface area contributed by atoms with Crippen molar-refractivity contribution in [2.24, 2.45) is 0 Å². The molecular formula is C16H10ClFN2O3. The number of halogens is 2. The Morgan fingerprint density at radius 3 is 2.61 bits per heavy atom. The summed E-state index contributed by atoms with van der Waals surface area (Å²) in [5, 5.41) is 30.1. The van der Waals surface area contributed by atoms with Crippen molar-refractivity contribution in [2.45, 2.75) is 0 Å². The summed E-state index contributed by atoms with van der Waals surface area (Å²) in [6.45, 7) is 0. The van der Waals surface area contributed by atoms with Gasteiger partial charge in [0.2, 0.25) is 0 Å². The number of hydrogen-bond acceptors (Lipinski definition) is 4. The molecule has 2 aromatic rings. The topological polar surface area (TPSA) is 93.3 Å². The molecule has 0 aliphatic rings. The number of aromatic hydroxyl groups is 2. The van der Waals surface area contributed by atoms with Crippen LogP contribution in [-0.4, -0.2) is 16.1 Å². The second-order valence-electron chi connectivity index (χ2n) is 4.47. The van der Waals surface area contributed by atoms with Gasteiger partial charge in [-0.15, -0.1) is 0 Å². The highest BCUT2D eigenvalue weighted by atomic mass is 35.5. The number of hydrogen-bond donors (Lipinski definition) is 3. The van der Waals surface area contributed by atoms with E-state index in [0.29, 0.717) is 0 Å². The van der Waals surface area contributed by atoms with Gasteiger partial charge >= 0.3 is 0 Å². The highest BCUT2D eigenvalue weighted by molar-refractivity contribution is 6.32. The van der Waals surface area contributed by atoms with Crippen molar-refractivity contribution in [1.29, 1.82) is 5.26 Å². The molecule has 0 aromatic heterocycles. The monoisotopic (exact) mass is 332 g/mol. The summed E-state index contributed by atoms with van der Waals surface area (Å²) in [5.74, 6) is -2.45. The van der Waals surface area contributed by atoms with E-state index in [1.165, 1.54) is 30.3 Å². The highest BCUT2D eigenvalue weighted by Gasteiger charge is 2.13. The molecule has 1 amide bonds. The van der Waals surface area contributed by atoms with E-state index in [1.54, 1.807) is 6.07 Å². The number of rotatable bonds is 3. The number of nitrogens with one attached hydrogen (secondary N) is 1. The summed E-state index contributed by atoms with van der Waals surface area (Å²) >= 11 is 5.70. The lowest BCUT2D eigenvalue weighted by molar-refractivity contribution is -0.112. The first-order valence-corrected chi connectivity index (χ1v) is 6.69. The van der Waals surface area contributed by atoms with Gasteiger partial charge < -0.3 is 15.5 Å². The fraction of sp³-hybridized carbons (Fsp3) is 0. The number of anilines is 1. The van der Waals surface area contributed by atoms with Crippen molar-refractivity contribution in [3.05, 3.63) is 58.4 Å². The second-order valence-corrected chi connectivity index (χ2v) is 4.88. The smallest absolute Gasteiger partial charge is 0.266 e. The summed E-state index contributed by atoms with van der Waals surface area (Å²) in [6, 6.07) is 9.61. The summed E-state index contributed by atoms with van der Waals surface area (Å²) in [7, 11) is 0. The lowest BCUT2D eigenvalue weighted by atomic mass is 10.1. The molecule has 116 valence electrons. The zero-order valence-electron chi connectivity index (χ0n) is 11.5. The highest BCUT2D eigenvalue weighted by Crippen LogP contribution is 2.34. The third-order valence-electron chi connectivity index (χ3n) is 2.86. The van der Waals surface area contributed by atoms with Gasteiger partial charge in [0.1, 0.15) is 17.5 Å². The standard InChI is InChI=1S/C16H10ClFN2O3/c17-11-6-9(7-14(21)15(11)22)5-10(8-19)16(23)20-13-4-2-1-3-12(13)18/h1-7,21-22H,(H,20,23)/b10-5+. The first-order chi connectivity index (χ1) is 10.9. The van der Waals surface area contributed by atoms with Crippen LogP contribution in [0.3, 0.4) is 0 Å². The molecule has 0 spiro atoms. The van der Waals surface area contributed by atoms with Crippen LogP contribution in [0.15, 0.2) is 42.0 Å². The predicted molar refractivity (Wildman–Crippen MR) is 83.4 cm³/mol. The van der Waals surface area contributed by atoms with E-state index in [0.717, 1.165) is 12.1 Å². The average Bonchev–Trinajstić information content (AvgIpc) is 2.52. The van der Waals surface area contributed by atoms with E-state index in [-0.39, 0.29) is 21.8 Å². The minimum atomic E-state index is -0.818. The Bertz CT molecular complexity index is 820.